The van der Waals surface area contributed by atoms with Crippen LogP contribution < -0.4 is 13.6 Å². The Morgan fingerprint density at radius 2 is 0.800 bits per heavy atom. The summed E-state index contributed by atoms with van der Waals surface area (Å²) in [5, 5.41) is 0. The quantitative estimate of drug-likeness (QED) is 0.345. The zero-order valence-corrected chi connectivity index (χ0v) is 18.7. The topological polar surface area (TPSA) is 72.5 Å². The van der Waals surface area contributed by atoms with E-state index in [4.69, 9.17) is 13.6 Å². The Kier molecular flexibility index (Phi) is 10.4. The number of para-hydroxylation sites is 3. The average molecular weight is 450 g/mol. The molecule has 0 fully saturated rings. The van der Waals surface area contributed by atoms with E-state index < -0.39 is 16.4 Å². The van der Waals surface area contributed by atoms with Crippen LogP contribution in [0, 0.1) is 0 Å². The third-order valence-corrected chi connectivity index (χ3v) is 5.53. The molecule has 0 radical (unpaired) electrons. The standard InChI is InChI=1S/C18H15O4P.C3H9O3P/c19-23(20-16-10-4-1-5-11-16,21-17-12-6-2-7-13-17)22-18-14-8-3-9-15-18;1-4-7(5-2)6-3/h1-15H;1-3H3. The maximum Gasteiger partial charge on any atom is 0.647 e. The smallest absolute Gasteiger partial charge is 0.386 e. The van der Waals surface area contributed by atoms with E-state index in [0.29, 0.717) is 17.2 Å². The first-order valence-corrected chi connectivity index (χ1v) is 11.4. The molecule has 0 aliphatic carbocycles. The maximum atomic E-state index is 13.1. The lowest BCUT2D eigenvalue weighted by atomic mass is 10.3. The van der Waals surface area contributed by atoms with Gasteiger partial charge >= 0.3 is 16.4 Å². The van der Waals surface area contributed by atoms with Gasteiger partial charge in [0.1, 0.15) is 17.2 Å². The van der Waals surface area contributed by atoms with E-state index in [1.165, 1.54) is 0 Å². The fraction of sp³-hybridized carbons (Fsp3) is 0.143. The van der Waals surface area contributed by atoms with Gasteiger partial charge in [-0.1, -0.05) is 54.6 Å². The second kappa shape index (κ2) is 13.0. The summed E-state index contributed by atoms with van der Waals surface area (Å²) < 4.78 is 43.6. The lowest BCUT2D eigenvalue weighted by Gasteiger charge is -2.19. The molecule has 0 atom stereocenters. The molecule has 9 heteroatoms. The number of benzene rings is 3. The summed E-state index contributed by atoms with van der Waals surface area (Å²) in [5.41, 5.74) is 0. The van der Waals surface area contributed by atoms with Crippen molar-refractivity contribution in [3.05, 3.63) is 91.0 Å². The van der Waals surface area contributed by atoms with Crippen LogP contribution in [0.1, 0.15) is 0 Å². The van der Waals surface area contributed by atoms with Gasteiger partial charge in [-0.25, -0.2) is 0 Å². The summed E-state index contributed by atoms with van der Waals surface area (Å²) in [7, 11) is -0.318. The van der Waals surface area contributed by atoms with Gasteiger partial charge in [0.05, 0.1) is 0 Å². The minimum atomic E-state index is -3.89. The van der Waals surface area contributed by atoms with E-state index in [-0.39, 0.29) is 0 Å². The first-order chi connectivity index (χ1) is 14.6. The first kappa shape index (κ1) is 23.9. The van der Waals surface area contributed by atoms with Crippen LogP contribution in [0.3, 0.4) is 0 Å². The molecule has 0 bridgehead atoms. The number of rotatable bonds is 9. The van der Waals surface area contributed by atoms with Crippen LogP contribution in [0.2, 0.25) is 0 Å². The molecular formula is C21H24O7P2. The van der Waals surface area contributed by atoms with E-state index in [9.17, 15) is 4.57 Å². The summed E-state index contributed by atoms with van der Waals surface area (Å²) in [6.45, 7) is 0. The molecule has 7 nitrogen and oxygen atoms in total. The summed E-state index contributed by atoms with van der Waals surface area (Å²) in [4.78, 5) is 0. The van der Waals surface area contributed by atoms with Crippen molar-refractivity contribution >= 4 is 16.4 Å². The van der Waals surface area contributed by atoms with Gasteiger partial charge in [-0.3, -0.25) is 0 Å². The van der Waals surface area contributed by atoms with Gasteiger partial charge in [-0.05, 0) is 36.4 Å². The van der Waals surface area contributed by atoms with Crippen LogP contribution in [-0.4, -0.2) is 21.3 Å². The van der Waals surface area contributed by atoms with E-state index in [1.54, 1.807) is 94.1 Å². The zero-order valence-electron chi connectivity index (χ0n) is 16.9. The molecule has 160 valence electrons. The molecule has 0 aliphatic heterocycles. The summed E-state index contributed by atoms with van der Waals surface area (Å²) in [6.07, 6.45) is 0. The molecule has 0 saturated heterocycles. The molecular weight excluding hydrogens is 426 g/mol. The van der Waals surface area contributed by atoms with Crippen molar-refractivity contribution in [2.24, 2.45) is 0 Å². The van der Waals surface area contributed by atoms with E-state index in [0.717, 1.165) is 0 Å². The fourth-order valence-corrected chi connectivity index (χ4v) is 3.81. The van der Waals surface area contributed by atoms with Crippen molar-refractivity contribution in [3.63, 3.8) is 0 Å². The van der Waals surface area contributed by atoms with Crippen molar-refractivity contribution in [1.82, 2.24) is 0 Å². The largest absolute Gasteiger partial charge is 0.647 e. The maximum absolute atomic E-state index is 13.1. The Hall–Kier alpha value is -2.40. The van der Waals surface area contributed by atoms with Gasteiger partial charge in [-0.2, -0.15) is 4.57 Å². The predicted molar refractivity (Wildman–Crippen MR) is 117 cm³/mol. The van der Waals surface area contributed by atoms with Crippen molar-refractivity contribution in [2.45, 2.75) is 0 Å². The molecule has 3 aromatic rings. The minimum Gasteiger partial charge on any atom is -0.386 e. The molecule has 0 heterocycles. The van der Waals surface area contributed by atoms with Crippen LogP contribution in [0.4, 0.5) is 0 Å². The van der Waals surface area contributed by atoms with E-state index in [2.05, 4.69) is 13.6 Å². The van der Waals surface area contributed by atoms with Gasteiger partial charge in [0.25, 0.3) is 0 Å². The van der Waals surface area contributed by atoms with Crippen LogP contribution in [-0.2, 0) is 18.1 Å². The van der Waals surface area contributed by atoms with Crippen molar-refractivity contribution in [1.29, 1.82) is 0 Å². The van der Waals surface area contributed by atoms with Crippen LogP contribution in [0.25, 0.3) is 0 Å². The Balaban J connectivity index is 0.000000396. The second-order valence-corrected chi connectivity index (χ2v) is 8.42. The van der Waals surface area contributed by atoms with E-state index in [1.807, 2.05) is 18.2 Å². The van der Waals surface area contributed by atoms with Crippen LogP contribution in [0.15, 0.2) is 91.0 Å². The lowest BCUT2D eigenvalue weighted by Crippen LogP contribution is -2.07. The number of phosphoric acid groups is 1. The van der Waals surface area contributed by atoms with Gasteiger partial charge in [0.2, 0.25) is 0 Å². The van der Waals surface area contributed by atoms with Gasteiger partial charge < -0.3 is 27.1 Å². The molecule has 0 aromatic heterocycles. The number of hydrogen-bond acceptors (Lipinski definition) is 7. The second-order valence-electron chi connectivity index (χ2n) is 5.43. The molecule has 0 N–H and O–H groups in total. The van der Waals surface area contributed by atoms with Gasteiger partial charge in [-0.15, -0.1) is 0 Å². The molecule has 0 aliphatic rings. The molecule has 0 unspecified atom stereocenters. The van der Waals surface area contributed by atoms with Gasteiger partial charge in [0, 0.05) is 21.3 Å². The average Bonchev–Trinajstić information content (AvgIpc) is 2.77. The molecule has 30 heavy (non-hydrogen) atoms. The van der Waals surface area contributed by atoms with Crippen molar-refractivity contribution in [2.75, 3.05) is 21.3 Å². The highest BCUT2D eigenvalue weighted by Crippen LogP contribution is 2.49. The molecule has 0 saturated carbocycles. The Labute approximate surface area is 178 Å². The number of phosphoric ester groups is 1. The van der Waals surface area contributed by atoms with E-state index >= 15 is 0 Å². The predicted octanol–water partition coefficient (Wildman–Crippen LogP) is 6.48. The molecule has 3 rings (SSSR count). The first-order valence-electron chi connectivity index (χ1n) is 8.85. The highest BCUT2D eigenvalue weighted by Gasteiger charge is 2.33. The van der Waals surface area contributed by atoms with Crippen molar-refractivity contribution in [3.8, 4) is 17.2 Å². The third-order valence-electron chi connectivity index (χ3n) is 3.33. The molecule has 0 spiro atoms. The lowest BCUT2D eigenvalue weighted by molar-refractivity contribution is 0.239. The normalized spacial score (nSPS) is 10.7. The molecule has 3 aromatic carbocycles. The Morgan fingerprint density at radius 3 is 1.00 bits per heavy atom. The third kappa shape index (κ3) is 8.54. The summed E-state index contributed by atoms with van der Waals surface area (Å²) >= 11 is 0. The van der Waals surface area contributed by atoms with Gasteiger partial charge in [0.15, 0.2) is 0 Å². The molecule has 0 amide bonds. The summed E-state index contributed by atoms with van der Waals surface area (Å²) in [5.74, 6) is 1.22. The van der Waals surface area contributed by atoms with Crippen molar-refractivity contribution < 1.29 is 31.7 Å². The minimum absolute atomic E-state index is 0.405. The Bertz CT molecular complexity index is 762. The monoisotopic (exact) mass is 450 g/mol. The SMILES string of the molecule is COP(OC)OC.O=P(Oc1ccccc1)(Oc1ccccc1)Oc1ccccc1. The highest BCUT2D eigenvalue weighted by atomic mass is 31.2. The summed E-state index contributed by atoms with van der Waals surface area (Å²) in [6, 6.07) is 26.4. The Morgan fingerprint density at radius 1 is 0.533 bits per heavy atom. The van der Waals surface area contributed by atoms with Crippen LogP contribution in [0.5, 0.6) is 17.2 Å². The van der Waals surface area contributed by atoms with Crippen LogP contribution >= 0.6 is 16.4 Å². The zero-order chi connectivity index (χ0) is 21.7. The highest BCUT2D eigenvalue weighted by molar-refractivity contribution is 7.49. The number of hydrogen-bond donors (Lipinski definition) is 0. The fourth-order valence-electron chi connectivity index (χ4n) is 2.11.